The van der Waals surface area contributed by atoms with Gasteiger partial charge in [-0.1, -0.05) is 60.7 Å². The molecule has 0 spiro atoms. The molecule has 3 nitrogen and oxygen atoms in total. The van der Waals surface area contributed by atoms with Crippen LogP contribution in [0.5, 0.6) is 0 Å². The quantitative estimate of drug-likeness (QED) is 0.361. The molecule has 5 aromatic rings. The second-order valence-electron chi connectivity index (χ2n) is 6.57. The van der Waals surface area contributed by atoms with Crippen molar-refractivity contribution < 1.29 is 4.42 Å². The Bertz CT molecular complexity index is 1260. The van der Waals surface area contributed by atoms with Gasteiger partial charge in [0.2, 0.25) is 0 Å². The Kier molecular flexibility index (Phi) is 3.58. The maximum absolute atomic E-state index is 6.20. The number of para-hydroxylation sites is 3. The third kappa shape index (κ3) is 2.70. The smallest absolute Gasteiger partial charge is 0.143 e. The van der Waals surface area contributed by atoms with E-state index in [0.29, 0.717) is 5.69 Å². The van der Waals surface area contributed by atoms with Crippen molar-refractivity contribution in [3.63, 3.8) is 0 Å². The normalized spacial score (nSPS) is 11.1. The highest BCUT2D eigenvalue weighted by atomic mass is 16.3. The van der Waals surface area contributed by atoms with E-state index in [1.807, 2.05) is 60.7 Å². The summed E-state index contributed by atoms with van der Waals surface area (Å²) in [6.45, 7) is 0. The lowest BCUT2D eigenvalue weighted by molar-refractivity contribution is 0.670. The number of furan rings is 1. The summed E-state index contributed by atoms with van der Waals surface area (Å²) in [5.41, 5.74) is 12.7. The molecule has 0 aliphatic heterocycles. The van der Waals surface area contributed by atoms with Crippen LogP contribution in [0, 0.1) is 0 Å². The number of nitrogens with one attached hydrogen (secondary N) is 1. The van der Waals surface area contributed by atoms with Crippen LogP contribution >= 0.6 is 0 Å². The summed E-state index contributed by atoms with van der Waals surface area (Å²) >= 11 is 0. The molecule has 0 atom stereocenters. The molecular formula is C24H18N2O. The monoisotopic (exact) mass is 350 g/mol. The topological polar surface area (TPSA) is 51.2 Å². The van der Waals surface area contributed by atoms with Gasteiger partial charge in [-0.05, 0) is 35.9 Å². The van der Waals surface area contributed by atoms with E-state index in [2.05, 4.69) is 35.6 Å². The molecule has 130 valence electrons. The van der Waals surface area contributed by atoms with E-state index in [1.165, 1.54) is 0 Å². The summed E-state index contributed by atoms with van der Waals surface area (Å²) in [7, 11) is 0. The van der Waals surface area contributed by atoms with E-state index >= 15 is 0 Å². The van der Waals surface area contributed by atoms with Crippen LogP contribution in [-0.4, -0.2) is 0 Å². The Morgan fingerprint density at radius 3 is 2.37 bits per heavy atom. The number of nitrogens with two attached hydrogens (primary N) is 1. The first kappa shape index (κ1) is 15.5. The molecule has 4 aromatic carbocycles. The highest BCUT2D eigenvalue weighted by Crippen LogP contribution is 2.37. The van der Waals surface area contributed by atoms with Gasteiger partial charge in [-0.3, -0.25) is 0 Å². The lowest BCUT2D eigenvalue weighted by Crippen LogP contribution is -1.96. The summed E-state index contributed by atoms with van der Waals surface area (Å²) in [6.07, 6.45) is 0. The Balaban J connectivity index is 1.66. The van der Waals surface area contributed by atoms with Crippen molar-refractivity contribution >= 4 is 39.0 Å². The van der Waals surface area contributed by atoms with Crippen LogP contribution in [0.3, 0.4) is 0 Å². The van der Waals surface area contributed by atoms with Gasteiger partial charge in [0.15, 0.2) is 0 Å². The fourth-order valence-corrected chi connectivity index (χ4v) is 3.48. The zero-order chi connectivity index (χ0) is 18.2. The average Bonchev–Trinajstić information content (AvgIpc) is 3.09. The van der Waals surface area contributed by atoms with Crippen molar-refractivity contribution in [1.29, 1.82) is 0 Å². The molecule has 0 bridgehead atoms. The summed E-state index contributed by atoms with van der Waals surface area (Å²) in [5, 5.41) is 5.66. The minimum atomic E-state index is 0.708. The standard InChI is InChI=1S/C24H18N2O/c25-21-14-13-16(15-22(21)26-17-7-2-1-3-8-17)18-10-6-11-20-19-9-4-5-12-23(19)27-24(18)20/h1-15,26H,25H2. The lowest BCUT2D eigenvalue weighted by Gasteiger charge is -2.12. The number of fused-ring (bicyclic) bond motifs is 3. The maximum Gasteiger partial charge on any atom is 0.143 e. The number of benzene rings is 4. The third-order valence-electron chi connectivity index (χ3n) is 4.82. The second-order valence-corrected chi connectivity index (χ2v) is 6.57. The molecule has 1 aromatic heterocycles. The number of hydrogen-bond acceptors (Lipinski definition) is 3. The molecule has 0 amide bonds. The molecule has 5 rings (SSSR count). The lowest BCUT2D eigenvalue weighted by atomic mass is 10.0. The highest BCUT2D eigenvalue weighted by Gasteiger charge is 2.12. The first-order chi connectivity index (χ1) is 13.3. The number of nitrogen functional groups attached to an aromatic ring is 1. The zero-order valence-corrected chi connectivity index (χ0v) is 14.6. The van der Waals surface area contributed by atoms with E-state index in [0.717, 1.165) is 44.4 Å². The van der Waals surface area contributed by atoms with Gasteiger partial charge in [-0.15, -0.1) is 0 Å². The minimum absolute atomic E-state index is 0.708. The summed E-state index contributed by atoms with van der Waals surface area (Å²) in [4.78, 5) is 0. The molecule has 1 heterocycles. The van der Waals surface area contributed by atoms with E-state index < -0.39 is 0 Å². The van der Waals surface area contributed by atoms with Crippen LogP contribution in [0.15, 0.2) is 95.4 Å². The molecule has 0 aliphatic carbocycles. The SMILES string of the molecule is Nc1ccc(-c2cccc3c2oc2ccccc23)cc1Nc1ccccc1. The fourth-order valence-electron chi connectivity index (χ4n) is 3.48. The Hall–Kier alpha value is -3.72. The second kappa shape index (κ2) is 6.22. The van der Waals surface area contributed by atoms with Crippen LogP contribution in [0.4, 0.5) is 17.1 Å². The van der Waals surface area contributed by atoms with Gasteiger partial charge >= 0.3 is 0 Å². The molecular weight excluding hydrogens is 332 g/mol. The molecule has 0 unspecified atom stereocenters. The first-order valence-corrected chi connectivity index (χ1v) is 8.92. The van der Waals surface area contributed by atoms with Crippen molar-refractivity contribution in [3.8, 4) is 11.1 Å². The van der Waals surface area contributed by atoms with Crippen molar-refractivity contribution in [3.05, 3.63) is 91.0 Å². The van der Waals surface area contributed by atoms with E-state index in [9.17, 15) is 0 Å². The van der Waals surface area contributed by atoms with Crippen molar-refractivity contribution in [1.82, 2.24) is 0 Å². The van der Waals surface area contributed by atoms with Gasteiger partial charge in [-0.25, -0.2) is 0 Å². The summed E-state index contributed by atoms with van der Waals surface area (Å²) in [5.74, 6) is 0. The van der Waals surface area contributed by atoms with E-state index in [1.54, 1.807) is 0 Å². The number of anilines is 3. The van der Waals surface area contributed by atoms with Gasteiger partial charge in [-0.2, -0.15) is 0 Å². The van der Waals surface area contributed by atoms with Gasteiger partial charge in [0, 0.05) is 22.0 Å². The van der Waals surface area contributed by atoms with Gasteiger partial charge in [0.25, 0.3) is 0 Å². The molecule has 0 aliphatic rings. The summed E-state index contributed by atoms with van der Waals surface area (Å²) in [6, 6.07) is 30.5. The maximum atomic E-state index is 6.20. The van der Waals surface area contributed by atoms with E-state index in [-0.39, 0.29) is 0 Å². The number of rotatable bonds is 3. The van der Waals surface area contributed by atoms with Crippen LogP contribution in [0.25, 0.3) is 33.1 Å². The molecule has 0 fully saturated rings. The van der Waals surface area contributed by atoms with Crippen LogP contribution in [0.1, 0.15) is 0 Å². The fraction of sp³-hybridized carbons (Fsp3) is 0. The van der Waals surface area contributed by atoms with Gasteiger partial charge < -0.3 is 15.5 Å². The van der Waals surface area contributed by atoms with Gasteiger partial charge in [0.1, 0.15) is 11.2 Å². The number of hydrogen-bond donors (Lipinski definition) is 2. The van der Waals surface area contributed by atoms with Crippen molar-refractivity contribution in [2.45, 2.75) is 0 Å². The first-order valence-electron chi connectivity index (χ1n) is 8.92. The summed E-state index contributed by atoms with van der Waals surface area (Å²) < 4.78 is 6.17. The third-order valence-corrected chi connectivity index (χ3v) is 4.82. The predicted molar refractivity (Wildman–Crippen MR) is 113 cm³/mol. The Labute approximate surface area is 157 Å². The predicted octanol–water partition coefficient (Wildman–Crippen LogP) is 6.58. The zero-order valence-electron chi connectivity index (χ0n) is 14.6. The molecule has 27 heavy (non-hydrogen) atoms. The Morgan fingerprint density at radius 1 is 0.704 bits per heavy atom. The van der Waals surface area contributed by atoms with E-state index in [4.69, 9.17) is 10.2 Å². The molecule has 0 saturated carbocycles. The van der Waals surface area contributed by atoms with Crippen molar-refractivity contribution in [2.75, 3.05) is 11.1 Å². The Morgan fingerprint density at radius 2 is 1.48 bits per heavy atom. The van der Waals surface area contributed by atoms with Crippen LogP contribution in [-0.2, 0) is 0 Å². The van der Waals surface area contributed by atoms with Crippen LogP contribution < -0.4 is 11.1 Å². The highest BCUT2D eigenvalue weighted by molar-refractivity contribution is 6.09. The van der Waals surface area contributed by atoms with Crippen molar-refractivity contribution in [2.24, 2.45) is 0 Å². The van der Waals surface area contributed by atoms with Crippen LogP contribution in [0.2, 0.25) is 0 Å². The van der Waals surface area contributed by atoms with Gasteiger partial charge in [0.05, 0.1) is 11.4 Å². The minimum Gasteiger partial charge on any atom is -0.455 e. The molecule has 0 radical (unpaired) electrons. The molecule has 3 N–H and O–H groups in total. The average molecular weight is 350 g/mol. The largest absolute Gasteiger partial charge is 0.455 e. The molecule has 3 heteroatoms. The molecule has 0 saturated heterocycles.